The molecule has 5 rings (SSSR count). The van der Waals surface area contributed by atoms with Crippen molar-refractivity contribution in [2.75, 3.05) is 5.32 Å². The smallest absolute Gasteiger partial charge is 0.275 e. The summed E-state index contributed by atoms with van der Waals surface area (Å²) >= 11 is 0. The molecule has 3 aromatic heterocycles. The quantitative estimate of drug-likeness (QED) is 0.542. The molecule has 1 amide bonds. The fourth-order valence-electron chi connectivity index (χ4n) is 3.19. The molecule has 1 aromatic carbocycles. The molecule has 4 aromatic rings. The van der Waals surface area contributed by atoms with Gasteiger partial charge in [0.05, 0.1) is 5.56 Å². The van der Waals surface area contributed by atoms with Crippen molar-refractivity contribution in [2.24, 2.45) is 0 Å². The molecular weight excluding hydrogens is 380 g/mol. The fourth-order valence-corrected chi connectivity index (χ4v) is 3.19. The average molecular weight is 400 g/mol. The normalized spacial score (nSPS) is 13.4. The Morgan fingerprint density at radius 2 is 2.03 bits per heavy atom. The number of aromatic nitrogens is 5. The maximum absolute atomic E-state index is 12.6. The summed E-state index contributed by atoms with van der Waals surface area (Å²) in [5, 5.41) is 6.96. The molecule has 3 heterocycles. The molecule has 1 fully saturated rings. The number of carbonyl (C=O) groups is 1. The number of nitrogens with zero attached hydrogens (tertiary/aromatic N) is 5. The van der Waals surface area contributed by atoms with Crippen LogP contribution in [0.15, 0.2) is 53.6 Å². The van der Waals surface area contributed by atoms with Crippen LogP contribution in [0.5, 0.6) is 0 Å². The molecule has 30 heavy (non-hydrogen) atoms. The van der Waals surface area contributed by atoms with Gasteiger partial charge in [-0.05, 0) is 62.1 Å². The highest BCUT2D eigenvalue weighted by molar-refractivity contribution is 6.02. The Bertz CT molecular complexity index is 1240. The first-order valence-corrected chi connectivity index (χ1v) is 9.80. The van der Waals surface area contributed by atoms with Gasteiger partial charge in [-0.25, -0.2) is 9.97 Å². The third-order valence-corrected chi connectivity index (χ3v) is 5.23. The van der Waals surface area contributed by atoms with E-state index < -0.39 is 0 Å². The molecule has 0 radical (unpaired) electrons. The lowest BCUT2D eigenvalue weighted by Gasteiger charge is -2.06. The van der Waals surface area contributed by atoms with E-state index in [4.69, 9.17) is 4.52 Å². The summed E-state index contributed by atoms with van der Waals surface area (Å²) in [6, 6.07) is 9.46. The Hall–Kier alpha value is -3.81. The zero-order valence-corrected chi connectivity index (χ0v) is 16.7. The number of imidazole rings is 1. The van der Waals surface area contributed by atoms with Crippen LogP contribution in [-0.2, 0) is 0 Å². The largest absolute Gasteiger partial charge is 0.334 e. The van der Waals surface area contributed by atoms with Crippen molar-refractivity contribution in [1.29, 1.82) is 0 Å². The van der Waals surface area contributed by atoms with Gasteiger partial charge in [-0.2, -0.15) is 4.98 Å². The highest BCUT2D eigenvalue weighted by Gasteiger charge is 2.29. The summed E-state index contributed by atoms with van der Waals surface area (Å²) in [5.41, 5.74) is 3.99. The van der Waals surface area contributed by atoms with E-state index >= 15 is 0 Å². The predicted molar refractivity (Wildman–Crippen MR) is 110 cm³/mol. The highest BCUT2D eigenvalue weighted by atomic mass is 16.5. The third-order valence-electron chi connectivity index (χ3n) is 5.23. The second-order valence-corrected chi connectivity index (χ2v) is 7.53. The van der Waals surface area contributed by atoms with Crippen LogP contribution in [0.25, 0.3) is 17.3 Å². The summed E-state index contributed by atoms with van der Waals surface area (Å²) in [5.74, 6) is 1.83. The van der Waals surface area contributed by atoms with E-state index in [-0.39, 0.29) is 11.6 Å². The van der Waals surface area contributed by atoms with Gasteiger partial charge >= 0.3 is 0 Å². The van der Waals surface area contributed by atoms with Gasteiger partial charge in [0, 0.05) is 24.0 Å². The maximum Gasteiger partial charge on any atom is 0.275 e. The van der Waals surface area contributed by atoms with Crippen molar-refractivity contribution >= 4 is 11.6 Å². The Balaban J connectivity index is 1.41. The molecule has 0 atom stereocenters. The van der Waals surface area contributed by atoms with E-state index in [1.54, 1.807) is 23.3 Å². The summed E-state index contributed by atoms with van der Waals surface area (Å²) < 4.78 is 7.14. The topological polar surface area (TPSA) is 98.7 Å². The first kappa shape index (κ1) is 18.2. The van der Waals surface area contributed by atoms with E-state index in [2.05, 4.69) is 25.4 Å². The number of nitrogens with one attached hydrogen (secondary N) is 1. The van der Waals surface area contributed by atoms with Crippen molar-refractivity contribution < 1.29 is 9.32 Å². The molecule has 150 valence electrons. The lowest BCUT2D eigenvalue weighted by atomic mass is 10.1. The van der Waals surface area contributed by atoms with Crippen molar-refractivity contribution in [1.82, 2.24) is 24.7 Å². The maximum atomic E-state index is 12.6. The van der Waals surface area contributed by atoms with Gasteiger partial charge in [0.15, 0.2) is 11.6 Å². The van der Waals surface area contributed by atoms with Gasteiger partial charge in [0.25, 0.3) is 11.8 Å². The van der Waals surface area contributed by atoms with Crippen LogP contribution in [0.2, 0.25) is 0 Å². The molecule has 0 aliphatic heterocycles. The second kappa shape index (κ2) is 7.22. The molecular formula is C22H20N6O2. The third kappa shape index (κ3) is 3.47. The monoisotopic (exact) mass is 400 g/mol. The Labute approximate surface area is 173 Å². The number of anilines is 1. The van der Waals surface area contributed by atoms with Crippen LogP contribution >= 0.6 is 0 Å². The van der Waals surface area contributed by atoms with Gasteiger partial charge in [-0.15, -0.1) is 0 Å². The zero-order chi connectivity index (χ0) is 20.7. The molecule has 0 saturated heterocycles. The number of benzene rings is 1. The van der Waals surface area contributed by atoms with Crippen LogP contribution in [0, 0.1) is 13.8 Å². The Morgan fingerprint density at radius 3 is 2.83 bits per heavy atom. The fraction of sp³-hybridized carbons (Fsp3) is 0.227. The number of hydrogen-bond donors (Lipinski definition) is 1. The minimum absolute atomic E-state index is 0.286. The van der Waals surface area contributed by atoms with E-state index in [1.165, 1.54) is 5.56 Å². The standard InChI is InChI=1S/C22H20N6O2/c1-13-5-8-16(10-14(13)2)25-21(29)18-11-28(12-24-18)20-17(4-3-9-23-20)22-26-19(27-30-22)15-6-7-15/h3-5,8-12,15H,6-7H2,1-2H3,(H,25,29). The van der Waals surface area contributed by atoms with Gasteiger partial charge in [-0.3, -0.25) is 9.36 Å². The summed E-state index contributed by atoms with van der Waals surface area (Å²) in [4.78, 5) is 25.8. The van der Waals surface area contributed by atoms with Gasteiger partial charge in [0.1, 0.15) is 12.0 Å². The molecule has 1 N–H and O–H groups in total. The van der Waals surface area contributed by atoms with E-state index in [9.17, 15) is 4.79 Å². The molecule has 1 aliphatic carbocycles. The minimum atomic E-state index is -0.289. The van der Waals surface area contributed by atoms with Crippen LogP contribution in [0.4, 0.5) is 5.69 Å². The number of amides is 1. The predicted octanol–water partition coefficient (Wildman–Crippen LogP) is 4.06. The number of hydrogen-bond acceptors (Lipinski definition) is 6. The number of carbonyl (C=O) groups excluding carboxylic acids is 1. The summed E-state index contributed by atoms with van der Waals surface area (Å²) in [6.07, 6.45) is 7.06. The SMILES string of the molecule is Cc1ccc(NC(=O)c2cn(-c3ncccc3-c3nc(C4CC4)no3)cn2)cc1C. The van der Waals surface area contributed by atoms with Gasteiger partial charge in [-0.1, -0.05) is 11.2 Å². The molecule has 1 aliphatic rings. The van der Waals surface area contributed by atoms with Crippen molar-refractivity contribution in [3.05, 3.63) is 71.7 Å². The van der Waals surface area contributed by atoms with Crippen LogP contribution in [0.1, 0.15) is 46.2 Å². The van der Waals surface area contributed by atoms with Gasteiger partial charge < -0.3 is 9.84 Å². The molecule has 8 heteroatoms. The van der Waals surface area contributed by atoms with Crippen LogP contribution < -0.4 is 5.32 Å². The second-order valence-electron chi connectivity index (χ2n) is 7.53. The van der Waals surface area contributed by atoms with Gasteiger partial charge in [0.2, 0.25) is 0 Å². The molecule has 0 spiro atoms. The molecule has 1 saturated carbocycles. The van der Waals surface area contributed by atoms with Crippen molar-refractivity contribution in [2.45, 2.75) is 32.6 Å². The van der Waals surface area contributed by atoms with E-state index in [0.29, 0.717) is 23.2 Å². The van der Waals surface area contributed by atoms with Crippen LogP contribution in [-0.4, -0.2) is 30.6 Å². The van der Waals surface area contributed by atoms with E-state index in [1.807, 2.05) is 44.2 Å². The minimum Gasteiger partial charge on any atom is -0.334 e. The van der Waals surface area contributed by atoms with Crippen molar-refractivity contribution in [3.8, 4) is 17.3 Å². The Morgan fingerprint density at radius 1 is 1.17 bits per heavy atom. The lowest BCUT2D eigenvalue weighted by molar-refractivity contribution is 0.102. The zero-order valence-electron chi connectivity index (χ0n) is 16.7. The first-order valence-electron chi connectivity index (χ1n) is 9.80. The molecule has 8 nitrogen and oxygen atoms in total. The summed E-state index contributed by atoms with van der Waals surface area (Å²) in [6.45, 7) is 4.04. The lowest BCUT2D eigenvalue weighted by Crippen LogP contribution is -2.12. The number of aryl methyl sites for hydroxylation is 2. The molecule has 0 unspecified atom stereocenters. The summed E-state index contributed by atoms with van der Waals surface area (Å²) in [7, 11) is 0. The highest BCUT2D eigenvalue weighted by Crippen LogP contribution is 2.39. The van der Waals surface area contributed by atoms with E-state index in [0.717, 1.165) is 29.9 Å². The molecule has 0 bridgehead atoms. The van der Waals surface area contributed by atoms with Crippen molar-refractivity contribution in [3.63, 3.8) is 0 Å². The first-order chi connectivity index (χ1) is 14.6. The number of pyridine rings is 1. The average Bonchev–Trinajstić information content (AvgIpc) is 3.27. The van der Waals surface area contributed by atoms with Crippen LogP contribution in [0.3, 0.4) is 0 Å². The Kier molecular flexibility index (Phi) is 4.39. The number of rotatable bonds is 5.